The van der Waals surface area contributed by atoms with Crippen LogP contribution in [0.5, 0.6) is 0 Å². The summed E-state index contributed by atoms with van der Waals surface area (Å²) < 4.78 is 3.22. The van der Waals surface area contributed by atoms with Gasteiger partial charge in [0.25, 0.3) is 0 Å². The van der Waals surface area contributed by atoms with Crippen LogP contribution in [0.3, 0.4) is 0 Å². The van der Waals surface area contributed by atoms with Crippen molar-refractivity contribution in [3.63, 3.8) is 0 Å². The van der Waals surface area contributed by atoms with Gasteiger partial charge in [0, 0.05) is 9.50 Å². The summed E-state index contributed by atoms with van der Waals surface area (Å²) in [7, 11) is 0. The van der Waals surface area contributed by atoms with Crippen LogP contribution in [0.25, 0.3) is 16.7 Å². The highest BCUT2D eigenvalue weighted by molar-refractivity contribution is 9.10. The highest BCUT2D eigenvalue weighted by Gasteiger charge is 2.11. The van der Waals surface area contributed by atoms with E-state index in [4.69, 9.17) is 23.8 Å². The first-order valence-corrected chi connectivity index (χ1v) is 7.28. The van der Waals surface area contributed by atoms with Crippen LogP contribution in [-0.2, 0) is 0 Å². The monoisotopic (exact) mass is 363 g/mol. The molecule has 1 aromatic heterocycles. The molecule has 0 aliphatic carbocycles. The normalized spacial score (nSPS) is 10.7. The van der Waals surface area contributed by atoms with Crippen LogP contribution in [0.2, 0.25) is 5.02 Å². The highest BCUT2D eigenvalue weighted by Crippen LogP contribution is 2.26. The van der Waals surface area contributed by atoms with Gasteiger partial charge in [-0.05, 0) is 48.6 Å². The number of nitriles is 1. The standard InChI is InChI=1S/C14H7BrClN3S/c15-9-1-3-12(8(5-9)7-17)19-13-4-2-10(16)6-11(13)18-14(19)20/h1-6H,(H,18,20). The smallest absolute Gasteiger partial charge is 0.182 e. The number of hydrogen-bond donors (Lipinski definition) is 1. The molecule has 0 bridgehead atoms. The summed E-state index contributed by atoms with van der Waals surface area (Å²) in [5.41, 5.74) is 3.02. The van der Waals surface area contributed by atoms with Crippen molar-refractivity contribution >= 4 is 50.8 Å². The molecule has 1 N–H and O–H groups in total. The van der Waals surface area contributed by atoms with Gasteiger partial charge in [0.2, 0.25) is 0 Å². The number of halogens is 2. The topological polar surface area (TPSA) is 44.5 Å². The van der Waals surface area contributed by atoms with Gasteiger partial charge in [0.15, 0.2) is 4.77 Å². The van der Waals surface area contributed by atoms with Crippen molar-refractivity contribution in [2.75, 3.05) is 0 Å². The molecule has 1 heterocycles. The molecule has 98 valence electrons. The van der Waals surface area contributed by atoms with Crippen molar-refractivity contribution in [2.45, 2.75) is 0 Å². The van der Waals surface area contributed by atoms with Crippen LogP contribution < -0.4 is 0 Å². The Morgan fingerprint density at radius 1 is 1.25 bits per heavy atom. The molecule has 0 aliphatic rings. The Morgan fingerprint density at radius 2 is 2.05 bits per heavy atom. The minimum atomic E-state index is 0.529. The Kier molecular flexibility index (Phi) is 3.38. The van der Waals surface area contributed by atoms with Crippen molar-refractivity contribution in [2.24, 2.45) is 0 Å². The molecule has 0 amide bonds. The van der Waals surface area contributed by atoms with Crippen molar-refractivity contribution in [3.8, 4) is 11.8 Å². The van der Waals surface area contributed by atoms with Crippen LogP contribution in [0.1, 0.15) is 5.56 Å². The van der Waals surface area contributed by atoms with Gasteiger partial charge in [0.05, 0.1) is 22.3 Å². The maximum Gasteiger partial charge on any atom is 0.182 e. The maximum absolute atomic E-state index is 9.30. The summed E-state index contributed by atoms with van der Waals surface area (Å²) in [5, 5.41) is 9.94. The largest absolute Gasteiger partial charge is 0.330 e. The lowest BCUT2D eigenvalue weighted by atomic mass is 10.2. The van der Waals surface area contributed by atoms with E-state index >= 15 is 0 Å². The van der Waals surface area contributed by atoms with E-state index in [1.165, 1.54) is 0 Å². The molecule has 2 aromatic carbocycles. The number of fused-ring (bicyclic) bond motifs is 1. The molecule has 3 aromatic rings. The van der Waals surface area contributed by atoms with Crippen molar-refractivity contribution in [1.82, 2.24) is 9.55 Å². The third kappa shape index (κ3) is 2.16. The summed E-state index contributed by atoms with van der Waals surface area (Å²) in [4.78, 5) is 3.10. The Morgan fingerprint density at radius 3 is 2.80 bits per heavy atom. The van der Waals surface area contributed by atoms with Crippen molar-refractivity contribution in [1.29, 1.82) is 5.26 Å². The first-order chi connectivity index (χ1) is 9.60. The predicted molar refractivity (Wildman–Crippen MR) is 85.9 cm³/mol. The number of benzene rings is 2. The Balaban J connectivity index is 2.39. The summed E-state index contributed by atoms with van der Waals surface area (Å²) in [6.07, 6.45) is 0. The third-order valence-electron chi connectivity index (χ3n) is 2.96. The molecule has 0 radical (unpaired) electrons. The fourth-order valence-electron chi connectivity index (χ4n) is 2.12. The van der Waals surface area contributed by atoms with Gasteiger partial charge in [-0.3, -0.25) is 4.57 Å². The molecule has 0 atom stereocenters. The molecule has 0 aliphatic heterocycles. The minimum absolute atomic E-state index is 0.529. The minimum Gasteiger partial charge on any atom is -0.330 e. The number of H-pyrrole nitrogens is 1. The Hall–Kier alpha value is -1.61. The number of aromatic amines is 1. The van der Waals surface area contributed by atoms with Crippen LogP contribution in [0.15, 0.2) is 40.9 Å². The lowest BCUT2D eigenvalue weighted by molar-refractivity contribution is 1.06. The summed E-state index contributed by atoms with van der Waals surface area (Å²) >= 11 is 14.7. The molecule has 0 unspecified atom stereocenters. The van der Waals surface area contributed by atoms with E-state index in [-0.39, 0.29) is 0 Å². The second-order valence-corrected chi connectivity index (χ2v) is 5.94. The second-order valence-electron chi connectivity index (χ2n) is 4.20. The fourth-order valence-corrected chi connectivity index (χ4v) is 2.96. The highest BCUT2D eigenvalue weighted by atomic mass is 79.9. The van der Waals surface area contributed by atoms with Crippen LogP contribution in [0, 0.1) is 16.1 Å². The first kappa shape index (κ1) is 13.4. The number of rotatable bonds is 1. The number of nitrogens with zero attached hydrogens (tertiary/aromatic N) is 2. The molecule has 0 saturated carbocycles. The van der Waals surface area contributed by atoms with Gasteiger partial charge < -0.3 is 4.98 Å². The van der Waals surface area contributed by atoms with E-state index in [1.54, 1.807) is 12.1 Å². The SMILES string of the molecule is N#Cc1cc(Br)ccc1-n1c(=S)[nH]c2cc(Cl)ccc21. The van der Waals surface area contributed by atoms with Gasteiger partial charge in [-0.2, -0.15) is 5.26 Å². The molecular formula is C14H7BrClN3S. The Bertz CT molecular complexity index is 920. The van der Waals surface area contributed by atoms with E-state index in [0.29, 0.717) is 15.4 Å². The third-order valence-corrected chi connectivity index (χ3v) is 3.98. The van der Waals surface area contributed by atoms with Crippen molar-refractivity contribution < 1.29 is 0 Å². The lowest BCUT2D eigenvalue weighted by Crippen LogP contribution is -1.97. The van der Waals surface area contributed by atoms with Gasteiger partial charge in [-0.25, -0.2) is 0 Å². The number of imidazole rings is 1. The zero-order valence-corrected chi connectivity index (χ0v) is 13.2. The average Bonchev–Trinajstić information content (AvgIpc) is 2.73. The summed E-state index contributed by atoms with van der Waals surface area (Å²) in [6.45, 7) is 0. The molecule has 0 fully saturated rings. The van der Waals surface area contributed by atoms with Gasteiger partial charge in [0.1, 0.15) is 6.07 Å². The van der Waals surface area contributed by atoms with Gasteiger partial charge >= 0.3 is 0 Å². The van der Waals surface area contributed by atoms with E-state index < -0.39 is 0 Å². The van der Waals surface area contributed by atoms with Crippen LogP contribution in [0.4, 0.5) is 0 Å². The van der Waals surface area contributed by atoms with E-state index in [9.17, 15) is 5.26 Å². The van der Waals surface area contributed by atoms with Gasteiger partial charge in [-0.1, -0.05) is 27.5 Å². The van der Waals surface area contributed by atoms with Gasteiger partial charge in [-0.15, -0.1) is 0 Å². The van der Waals surface area contributed by atoms with Crippen LogP contribution >= 0.6 is 39.7 Å². The summed E-state index contributed by atoms with van der Waals surface area (Å²) in [6, 6.07) is 13.2. The average molecular weight is 365 g/mol. The lowest BCUT2D eigenvalue weighted by Gasteiger charge is -2.07. The molecular weight excluding hydrogens is 358 g/mol. The molecule has 0 saturated heterocycles. The van der Waals surface area contributed by atoms with E-state index in [1.807, 2.05) is 28.8 Å². The zero-order valence-electron chi connectivity index (χ0n) is 10.0. The predicted octanol–water partition coefficient (Wildman–Crippen LogP) is 4.98. The maximum atomic E-state index is 9.30. The molecule has 6 heteroatoms. The molecule has 0 spiro atoms. The fraction of sp³-hybridized carbons (Fsp3) is 0. The second kappa shape index (κ2) is 5.06. The molecule has 3 nitrogen and oxygen atoms in total. The zero-order chi connectivity index (χ0) is 14.3. The number of hydrogen-bond acceptors (Lipinski definition) is 2. The van der Waals surface area contributed by atoms with E-state index in [0.717, 1.165) is 21.2 Å². The number of aromatic nitrogens is 2. The van der Waals surface area contributed by atoms with Crippen molar-refractivity contribution in [3.05, 3.63) is 56.2 Å². The Labute approximate surface area is 133 Å². The number of nitrogens with one attached hydrogen (secondary N) is 1. The quantitative estimate of drug-likeness (QED) is 0.619. The van der Waals surface area contributed by atoms with Crippen LogP contribution in [-0.4, -0.2) is 9.55 Å². The molecule has 3 rings (SSSR count). The summed E-state index contributed by atoms with van der Waals surface area (Å²) in [5.74, 6) is 0. The van der Waals surface area contributed by atoms with E-state index in [2.05, 4.69) is 27.0 Å². The first-order valence-electron chi connectivity index (χ1n) is 5.70. The molecule has 20 heavy (non-hydrogen) atoms.